The molecule has 1 N–H and O–H groups in total. The Balaban J connectivity index is 1.48. The van der Waals surface area contributed by atoms with E-state index in [0.29, 0.717) is 31.5 Å². The van der Waals surface area contributed by atoms with Crippen molar-refractivity contribution in [3.05, 3.63) is 29.8 Å². The first-order valence-electron chi connectivity index (χ1n) is 7.94. The predicted molar refractivity (Wildman–Crippen MR) is 93.3 cm³/mol. The predicted octanol–water partition coefficient (Wildman–Crippen LogP) is 1.08. The van der Waals surface area contributed by atoms with Gasteiger partial charge in [-0.3, -0.25) is 4.79 Å². The molecule has 25 heavy (non-hydrogen) atoms. The van der Waals surface area contributed by atoms with E-state index >= 15 is 0 Å². The van der Waals surface area contributed by atoms with Gasteiger partial charge in [-0.1, -0.05) is 12.1 Å². The Hall–Kier alpha value is -2.39. The Morgan fingerprint density at radius 1 is 1.36 bits per heavy atom. The summed E-state index contributed by atoms with van der Waals surface area (Å²) in [4.78, 5) is 14.1. The number of nitrogens with one attached hydrogen (secondary N) is 1. The maximum atomic E-state index is 12.0. The van der Waals surface area contributed by atoms with Crippen LogP contribution in [-0.2, 0) is 16.1 Å². The molecule has 0 bridgehead atoms. The number of rotatable bonds is 7. The van der Waals surface area contributed by atoms with Crippen LogP contribution in [0.3, 0.4) is 0 Å². The number of morpholine rings is 1. The molecule has 1 saturated heterocycles. The fraction of sp³-hybridized carbons (Fsp3) is 0.438. The molecule has 1 aromatic heterocycles. The number of amides is 1. The Morgan fingerprint density at radius 2 is 2.20 bits per heavy atom. The number of nitrogens with zero attached hydrogens (tertiary/aromatic N) is 3. The summed E-state index contributed by atoms with van der Waals surface area (Å²) in [5, 5.41) is 2.81. The monoisotopic (exact) mass is 364 g/mol. The first-order chi connectivity index (χ1) is 12.3. The SMILES string of the molecule is COc1cccc(CNC(=O)COc2nsnc2N2CCOCC2)c1. The molecule has 1 aliphatic rings. The third-order valence-electron chi connectivity index (χ3n) is 3.72. The molecule has 3 rings (SSSR count). The molecule has 1 aromatic carbocycles. The molecule has 9 heteroatoms. The maximum Gasteiger partial charge on any atom is 0.271 e. The molecule has 1 aliphatic heterocycles. The molecule has 1 amide bonds. The number of hydrogen-bond acceptors (Lipinski definition) is 8. The summed E-state index contributed by atoms with van der Waals surface area (Å²) in [6.07, 6.45) is 0. The van der Waals surface area contributed by atoms with Crippen LogP contribution in [0.5, 0.6) is 11.6 Å². The number of aromatic nitrogens is 2. The van der Waals surface area contributed by atoms with Crippen LogP contribution in [0, 0.1) is 0 Å². The van der Waals surface area contributed by atoms with Crippen LogP contribution in [-0.4, -0.2) is 54.7 Å². The Labute approximate surface area is 150 Å². The van der Waals surface area contributed by atoms with E-state index in [2.05, 4.69) is 19.0 Å². The van der Waals surface area contributed by atoms with Crippen LogP contribution >= 0.6 is 11.7 Å². The van der Waals surface area contributed by atoms with Crippen molar-refractivity contribution in [2.45, 2.75) is 6.54 Å². The highest BCUT2D eigenvalue weighted by Crippen LogP contribution is 2.26. The minimum Gasteiger partial charge on any atom is -0.497 e. The highest BCUT2D eigenvalue weighted by molar-refractivity contribution is 6.99. The van der Waals surface area contributed by atoms with Gasteiger partial charge in [0.2, 0.25) is 5.82 Å². The van der Waals surface area contributed by atoms with Gasteiger partial charge < -0.3 is 24.4 Å². The van der Waals surface area contributed by atoms with Gasteiger partial charge in [-0.2, -0.15) is 4.37 Å². The molecule has 1 fully saturated rings. The fourth-order valence-electron chi connectivity index (χ4n) is 2.40. The van der Waals surface area contributed by atoms with E-state index in [0.717, 1.165) is 36.1 Å². The zero-order valence-electron chi connectivity index (χ0n) is 13.9. The van der Waals surface area contributed by atoms with Crippen molar-refractivity contribution < 1.29 is 19.0 Å². The number of anilines is 1. The largest absolute Gasteiger partial charge is 0.497 e. The lowest BCUT2D eigenvalue weighted by Crippen LogP contribution is -2.37. The number of carbonyl (C=O) groups is 1. The molecule has 0 atom stereocenters. The zero-order chi connectivity index (χ0) is 17.5. The van der Waals surface area contributed by atoms with E-state index in [1.165, 1.54) is 0 Å². The number of benzene rings is 1. The smallest absolute Gasteiger partial charge is 0.271 e. The van der Waals surface area contributed by atoms with Gasteiger partial charge in [0.25, 0.3) is 11.8 Å². The summed E-state index contributed by atoms with van der Waals surface area (Å²) >= 11 is 1.07. The number of carbonyl (C=O) groups excluding carboxylic acids is 1. The van der Waals surface area contributed by atoms with Crippen molar-refractivity contribution in [1.82, 2.24) is 14.1 Å². The minimum atomic E-state index is -0.219. The molecule has 0 aliphatic carbocycles. The van der Waals surface area contributed by atoms with Crippen LogP contribution in [0.4, 0.5) is 5.82 Å². The van der Waals surface area contributed by atoms with Gasteiger partial charge in [0.15, 0.2) is 6.61 Å². The molecule has 0 saturated carbocycles. The van der Waals surface area contributed by atoms with Gasteiger partial charge in [-0.05, 0) is 17.7 Å². The second-order valence-corrected chi connectivity index (χ2v) is 5.94. The van der Waals surface area contributed by atoms with Crippen LogP contribution < -0.4 is 19.7 Å². The lowest BCUT2D eigenvalue weighted by Gasteiger charge is -2.26. The molecule has 0 radical (unpaired) electrons. The van der Waals surface area contributed by atoms with E-state index in [4.69, 9.17) is 14.2 Å². The van der Waals surface area contributed by atoms with Crippen molar-refractivity contribution in [2.75, 3.05) is 44.9 Å². The first-order valence-corrected chi connectivity index (χ1v) is 8.67. The molecule has 0 spiro atoms. The molecule has 2 heterocycles. The van der Waals surface area contributed by atoms with E-state index in [9.17, 15) is 4.79 Å². The Kier molecular flexibility index (Phi) is 6.02. The zero-order valence-corrected chi connectivity index (χ0v) is 14.8. The quantitative estimate of drug-likeness (QED) is 0.787. The lowest BCUT2D eigenvalue weighted by molar-refractivity contribution is -0.123. The van der Waals surface area contributed by atoms with E-state index in [1.807, 2.05) is 24.3 Å². The van der Waals surface area contributed by atoms with Crippen molar-refractivity contribution in [1.29, 1.82) is 0 Å². The van der Waals surface area contributed by atoms with Gasteiger partial charge >= 0.3 is 0 Å². The number of hydrogen-bond donors (Lipinski definition) is 1. The van der Waals surface area contributed by atoms with Crippen LogP contribution in [0.15, 0.2) is 24.3 Å². The van der Waals surface area contributed by atoms with Crippen molar-refractivity contribution in [3.63, 3.8) is 0 Å². The summed E-state index contributed by atoms with van der Waals surface area (Å²) in [7, 11) is 1.61. The lowest BCUT2D eigenvalue weighted by atomic mass is 10.2. The van der Waals surface area contributed by atoms with Crippen molar-refractivity contribution in [2.24, 2.45) is 0 Å². The van der Waals surface area contributed by atoms with Gasteiger partial charge in [0.05, 0.1) is 32.1 Å². The van der Waals surface area contributed by atoms with Crippen LogP contribution in [0.25, 0.3) is 0 Å². The van der Waals surface area contributed by atoms with Crippen molar-refractivity contribution >= 4 is 23.5 Å². The molecule has 8 nitrogen and oxygen atoms in total. The summed E-state index contributed by atoms with van der Waals surface area (Å²) in [5.74, 6) is 1.60. The molecule has 0 unspecified atom stereocenters. The van der Waals surface area contributed by atoms with Gasteiger partial charge in [0.1, 0.15) is 5.75 Å². The average Bonchev–Trinajstić information content (AvgIpc) is 3.14. The minimum absolute atomic E-state index is 0.104. The van der Waals surface area contributed by atoms with E-state index < -0.39 is 0 Å². The second-order valence-electron chi connectivity index (χ2n) is 5.41. The summed E-state index contributed by atoms with van der Waals surface area (Å²) < 4.78 is 24.4. The standard InChI is InChI=1S/C16H20N4O4S/c1-22-13-4-2-3-12(9-13)10-17-14(21)11-24-16-15(18-25-19-16)20-5-7-23-8-6-20/h2-4,9H,5-8,10-11H2,1H3,(H,17,21). The summed E-state index contributed by atoms with van der Waals surface area (Å²) in [6.45, 7) is 3.08. The number of methoxy groups -OCH3 is 1. The molecule has 2 aromatic rings. The maximum absolute atomic E-state index is 12.0. The second kappa shape index (κ2) is 8.63. The van der Waals surface area contributed by atoms with E-state index in [-0.39, 0.29) is 12.5 Å². The summed E-state index contributed by atoms with van der Waals surface area (Å²) in [6, 6.07) is 7.54. The molecular formula is C16H20N4O4S. The Morgan fingerprint density at radius 3 is 3.00 bits per heavy atom. The normalized spacial score (nSPS) is 14.2. The third kappa shape index (κ3) is 4.80. The Bertz CT molecular complexity index is 703. The summed E-state index contributed by atoms with van der Waals surface area (Å²) in [5.41, 5.74) is 0.956. The van der Waals surface area contributed by atoms with Gasteiger partial charge in [-0.15, -0.1) is 4.37 Å². The van der Waals surface area contributed by atoms with Crippen LogP contribution in [0.2, 0.25) is 0 Å². The van der Waals surface area contributed by atoms with Gasteiger partial charge in [0, 0.05) is 19.6 Å². The fourth-order valence-corrected chi connectivity index (χ4v) is 2.92. The number of ether oxygens (including phenoxy) is 3. The highest BCUT2D eigenvalue weighted by Gasteiger charge is 2.20. The van der Waals surface area contributed by atoms with Gasteiger partial charge in [-0.25, -0.2) is 0 Å². The topological polar surface area (TPSA) is 85.8 Å². The first kappa shape index (κ1) is 17.4. The van der Waals surface area contributed by atoms with Crippen LogP contribution in [0.1, 0.15) is 5.56 Å². The van der Waals surface area contributed by atoms with E-state index in [1.54, 1.807) is 7.11 Å². The third-order valence-corrected chi connectivity index (χ3v) is 4.22. The van der Waals surface area contributed by atoms with Crippen molar-refractivity contribution in [3.8, 4) is 11.6 Å². The average molecular weight is 364 g/mol. The molecular weight excluding hydrogens is 344 g/mol. The molecule has 134 valence electrons. The highest BCUT2D eigenvalue weighted by atomic mass is 32.1.